The minimum atomic E-state index is -4.25. The van der Waals surface area contributed by atoms with Gasteiger partial charge in [0.25, 0.3) is 0 Å². The van der Waals surface area contributed by atoms with Crippen LogP contribution in [0.25, 0.3) is 0 Å². The molecule has 0 aliphatic heterocycles. The molecule has 1 aliphatic carbocycles. The lowest BCUT2D eigenvalue weighted by Gasteiger charge is -2.19. The Morgan fingerprint density at radius 2 is 2.00 bits per heavy atom. The Morgan fingerprint density at radius 1 is 1.39 bits per heavy atom. The molecule has 2 atom stereocenters. The summed E-state index contributed by atoms with van der Waals surface area (Å²) in [5.74, 6) is -1.98. The Balaban J connectivity index is 2.24. The average molecular weight is 258 g/mol. The molecule has 0 unspecified atom stereocenters. The van der Waals surface area contributed by atoms with Gasteiger partial charge in [-0.25, -0.2) is 0 Å². The van der Waals surface area contributed by atoms with E-state index in [9.17, 15) is 18.0 Å². The predicted molar refractivity (Wildman–Crippen MR) is 58.9 cm³/mol. The van der Waals surface area contributed by atoms with Gasteiger partial charge in [-0.2, -0.15) is 13.2 Å². The van der Waals surface area contributed by atoms with Crippen LogP contribution in [-0.4, -0.2) is 18.8 Å². The lowest BCUT2D eigenvalue weighted by Crippen LogP contribution is -2.26. The molecule has 2 nitrogen and oxygen atoms in total. The van der Waals surface area contributed by atoms with Gasteiger partial charge in [0.1, 0.15) is 6.61 Å². The largest absolute Gasteiger partial charge is 0.465 e. The summed E-state index contributed by atoms with van der Waals surface area (Å²) in [4.78, 5) is 10.8. The molecule has 1 aromatic carbocycles. The van der Waals surface area contributed by atoms with Crippen molar-refractivity contribution >= 4 is 5.97 Å². The van der Waals surface area contributed by atoms with Gasteiger partial charge < -0.3 is 4.74 Å². The fraction of sp³-hybridized carbons (Fsp3) is 0.462. The number of hydrogen-bond donors (Lipinski definition) is 0. The molecule has 1 aromatic rings. The number of esters is 1. The highest BCUT2D eigenvalue weighted by atomic mass is 19.4. The predicted octanol–water partition coefficient (Wildman–Crippen LogP) is 3.07. The second kappa shape index (κ2) is 4.30. The van der Waals surface area contributed by atoms with E-state index in [1.807, 2.05) is 0 Å². The van der Waals surface area contributed by atoms with Gasteiger partial charge in [0.15, 0.2) is 0 Å². The number of alkyl halides is 3. The highest BCUT2D eigenvalue weighted by molar-refractivity contribution is 5.66. The van der Waals surface area contributed by atoms with Crippen LogP contribution in [-0.2, 0) is 14.9 Å². The average Bonchev–Trinajstić information content (AvgIpc) is 3.04. The molecule has 1 saturated carbocycles. The van der Waals surface area contributed by atoms with E-state index in [0.717, 1.165) is 0 Å². The molecular weight excluding hydrogens is 245 g/mol. The highest BCUT2D eigenvalue weighted by Crippen LogP contribution is 2.61. The molecule has 0 bridgehead atoms. The highest BCUT2D eigenvalue weighted by Gasteiger charge is 2.67. The summed E-state index contributed by atoms with van der Waals surface area (Å²) in [7, 11) is 0. The first kappa shape index (κ1) is 12.9. The Morgan fingerprint density at radius 3 is 2.44 bits per heavy atom. The molecule has 0 amide bonds. The minimum absolute atomic E-state index is 0.0200. The molecule has 1 fully saturated rings. The summed E-state index contributed by atoms with van der Waals surface area (Å²) in [6.07, 6.45) is -4.27. The van der Waals surface area contributed by atoms with Crippen LogP contribution in [0.1, 0.15) is 18.9 Å². The molecule has 0 heterocycles. The summed E-state index contributed by atoms with van der Waals surface area (Å²) in [5.41, 5.74) is -0.515. The summed E-state index contributed by atoms with van der Waals surface area (Å²) in [6.45, 7) is 0.986. The van der Waals surface area contributed by atoms with Gasteiger partial charge in [0, 0.05) is 12.3 Å². The Kier molecular flexibility index (Phi) is 3.09. The number of carbonyl (C=O) groups excluding carboxylic acids is 1. The molecule has 5 heteroatoms. The van der Waals surface area contributed by atoms with E-state index in [1.165, 1.54) is 6.92 Å². The van der Waals surface area contributed by atoms with Crippen molar-refractivity contribution in [2.75, 3.05) is 6.61 Å². The van der Waals surface area contributed by atoms with E-state index in [4.69, 9.17) is 4.74 Å². The standard InChI is InChI=1S/C13H13F3O2/c1-9(17)18-8-12(7-11(12)13(14,15)16)10-5-3-2-4-6-10/h2-6,11H,7-8H2,1H3/t11-,12+/m0/s1. The molecule has 0 N–H and O–H groups in total. The van der Waals surface area contributed by atoms with Crippen LogP contribution in [0.4, 0.5) is 13.2 Å². The van der Waals surface area contributed by atoms with Crippen molar-refractivity contribution in [1.29, 1.82) is 0 Å². The van der Waals surface area contributed by atoms with Crippen molar-refractivity contribution in [3.05, 3.63) is 35.9 Å². The lowest BCUT2D eigenvalue weighted by molar-refractivity contribution is -0.158. The monoisotopic (exact) mass is 258 g/mol. The summed E-state index contributed by atoms with van der Waals surface area (Å²) >= 11 is 0. The third kappa shape index (κ3) is 2.35. The maximum Gasteiger partial charge on any atom is 0.392 e. The van der Waals surface area contributed by atoms with Gasteiger partial charge in [-0.1, -0.05) is 30.3 Å². The third-order valence-electron chi connectivity index (χ3n) is 3.35. The summed E-state index contributed by atoms with van der Waals surface area (Å²) < 4.78 is 43.2. The van der Waals surface area contributed by atoms with E-state index >= 15 is 0 Å². The molecule has 0 radical (unpaired) electrons. The Labute approximate surface area is 103 Å². The maximum atomic E-state index is 12.8. The van der Waals surface area contributed by atoms with E-state index in [2.05, 4.69) is 0 Å². The van der Waals surface area contributed by atoms with E-state index < -0.39 is 23.5 Å². The molecule has 1 aliphatic rings. The van der Waals surface area contributed by atoms with Gasteiger partial charge in [-0.15, -0.1) is 0 Å². The number of halogens is 3. The zero-order valence-corrected chi connectivity index (χ0v) is 9.83. The van der Waals surface area contributed by atoms with Gasteiger partial charge in [-0.05, 0) is 12.0 Å². The van der Waals surface area contributed by atoms with Crippen molar-refractivity contribution in [1.82, 2.24) is 0 Å². The van der Waals surface area contributed by atoms with Gasteiger partial charge in [0.2, 0.25) is 0 Å². The molecule has 18 heavy (non-hydrogen) atoms. The zero-order valence-electron chi connectivity index (χ0n) is 9.83. The van der Waals surface area contributed by atoms with Crippen LogP contribution in [0.5, 0.6) is 0 Å². The number of ether oxygens (including phenoxy) is 1. The fourth-order valence-electron chi connectivity index (χ4n) is 2.30. The van der Waals surface area contributed by atoms with Gasteiger partial charge >= 0.3 is 12.1 Å². The van der Waals surface area contributed by atoms with E-state index in [-0.39, 0.29) is 13.0 Å². The van der Waals surface area contributed by atoms with Crippen LogP contribution < -0.4 is 0 Å². The molecule has 0 aromatic heterocycles. The van der Waals surface area contributed by atoms with Gasteiger partial charge in [-0.3, -0.25) is 4.79 Å². The first-order valence-corrected chi connectivity index (χ1v) is 5.62. The lowest BCUT2D eigenvalue weighted by atomic mass is 9.94. The maximum absolute atomic E-state index is 12.8. The normalized spacial score (nSPS) is 26.8. The topological polar surface area (TPSA) is 26.3 Å². The first-order valence-electron chi connectivity index (χ1n) is 5.62. The van der Waals surface area contributed by atoms with Crippen molar-refractivity contribution in [3.8, 4) is 0 Å². The van der Waals surface area contributed by atoms with E-state index in [1.54, 1.807) is 30.3 Å². The third-order valence-corrected chi connectivity index (χ3v) is 3.35. The molecule has 0 spiro atoms. The number of benzene rings is 1. The number of hydrogen-bond acceptors (Lipinski definition) is 2. The number of rotatable bonds is 3. The van der Waals surface area contributed by atoms with Crippen LogP contribution in [0.3, 0.4) is 0 Å². The van der Waals surface area contributed by atoms with Crippen LogP contribution in [0.2, 0.25) is 0 Å². The Bertz CT molecular complexity index is 441. The summed E-state index contributed by atoms with van der Waals surface area (Å²) in [6, 6.07) is 8.42. The molecule has 2 rings (SSSR count). The van der Waals surface area contributed by atoms with Gasteiger partial charge in [0.05, 0.1) is 5.92 Å². The second-order valence-electron chi connectivity index (χ2n) is 4.60. The molecular formula is C13H13F3O2. The fourth-order valence-corrected chi connectivity index (χ4v) is 2.30. The van der Waals surface area contributed by atoms with Crippen molar-refractivity contribution in [3.63, 3.8) is 0 Å². The molecule has 98 valence electrons. The van der Waals surface area contributed by atoms with Crippen molar-refractivity contribution in [2.24, 2.45) is 5.92 Å². The number of carbonyl (C=O) groups is 1. The second-order valence-corrected chi connectivity index (χ2v) is 4.60. The summed E-state index contributed by atoms with van der Waals surface area (Å²) in [5, 5.41) is 0. The quantitative estimate of drug-likeness (QED) is 0.779. The van der Waals surface area contributed by atoms with Crippen LogP contribution >= 0.6 is 0 Å². The van der Waals surface area contributed by atoms with Crippen molar-refractivity contribution in [2.45, 2.75) is 24.9 Å². The zero-order chi connectivity index (χ0) is 13.4. The smallest absolute Gasteiger partial charge is 0.392 e. The van der Waals surface area contributed by atoms with Crippen LogP contribution in [0, 0.1) is 5.92 Å². The first-order chi connectivity index (χ1) is 8.36. The minimum Gasteiger partial charge on any atom is -0.465 e. The SMILES string of the molecule is CC(=O)OC[C@@]1(c2ccccc2)C[C@@H]1C(F)(F)F. The Hall–Kier alpha value is -1.52. The van der Waals surface area contributed by atoms with E-state index in [0.29, 0.717) is 5.56 Å². The molecule has 0 saturated heterocycles. The van der Waals surface area contributed by atoms with Crippen LogP contribution in [0.15, 0.2) is 30.3 Å². The van der Waals surface area contributed by atoms with Crippen molar-refractivity contribution < 1.29 is 22.7 Å².